The van der Waals surface area contributed by atoms with Crippen molar-refractivity contribution in [2.24, 2.45) is 0 Å². The van der Waals surface area contributed by atoms with E-state index in [-0.39, 0.29) is 5.79 Å². The molecule has 1 aliphatic rings. The topological polar surface area (TPSA) is 18.5 Å². The summed E-state index contributed by atoms with van der Waals surface area (Å²) in [6, 6.07) is 0. The highest BCUT2D eigenvalue weighted by molar-refractivity contribution is 4.66. The van der Waals surface area contributed by atoms with Crippen molar-refractivity contribution in [2.75, 3.05) is 13.7 Å². The van der Waals surface area contributed by atoms with E-state index in [1.54, 1.807) is 7.11 Å². The Bertz CT molecular complexity index is 84.9. The van der Waals surface area contributed by atoms with Crippen LogP contribution < -0.4 is 0 Å². The molecule has 0 aromatic rings. The summed E-state index contributed by atoms with van der Waals surface area (Å²) in [6.45, 7) is 2.84. The number of rotatable bonds is 1. The first-order chi connectivity index (χ1) is 4.27. The molecule has 0 saturated carbocycles. The second-order valence-corrected chi connectivity index (χ2v) is 2.64. The maximum Gasteiger partial charge on any atom is 0.165 e. The number of hydrogen-bond donors (Lipinski definition) is 0. The zero-order chi connectivity index (χ0) is 6.74. The summed E-state index contributed by atoms with van der Waals surface area (Å²) >= 11 is 0. The molecule has 0 bridgehead atoms. The fraction of sp³-hybridized carbons (Fsp3) is 1.00. The van der Waals surface area contributed by atoms with Crippen molar-refractivity contribution in [3.63, 3.8) is 0 Å². The van der Waals surface area contributed by atoms with Crippen molar-refractivity contribution in [1.82, 2.24) is 0 Å². The van der Waals surface area contributed by atoms with E-state index < -0.39 is 0 Å². The van der Waals surface area contributed by atoms with Crippen molar-refractivity contribution < 1.29 is 9.47 Å². The summed E-state index contributed by atoms with van der Waals surface area (Å²) in [5, 5.41) is 0. The van der Waals surface area contributed by atoms with E-state index in [2.05, 4.69) is 0 Å². The van der Waals surface area contributed by atoms with E-state index in [0.29, 0.717) is 0 Å². The molecule has 1 fully saturated rings. The molecule has 2 nitrogen and oxygen atoms in total. The normalized spacial score (nSPS) is 36.7. The summed E-state index contributed by atoms with van der Waals surface area (Å²) in [6.07, 6.45) is 3.44. The van der Waals surface area contributed by atoms with Gasteiger partial charge in [-0.3, -0.25) is 0 Å². The average molecular weight is 130 g/mol. The Balaban J connectivity index is 2.37. The molecule has 0 radical (unpaired) electrons. The van der Waals surface area contributed by atoms with E-state index in [4.69, 9.17) is 9.47 Å². The van der Waals surface area contributed by atoms with Crippen LogP contribution in [0.5, 0.6) is 0 Å². The van der Waals surface area contributed by atoms with Crippen LogP contribution in [0.25, 0.3) is 0 Å². The Kier molecular flexibility index (Phi) is 2.09. The first-order valence-electron chi connectivity index (χ1n) is 3.46. The molecule has 0 aliphatic carbocycles. The Hall–Kier alpha value is -0.0800. The van der Waals surface area contributed by atoms with E-state index >= 15 is 0 Å². The van der Waals surface area contributed by atoms with Gasteiger partial charge >= 0.3 is 0 Å². The fourth-order valence-electron chi connectivity index (χ4n) is 1.07. The van der Waals surface area contributed by atoms with Crippen LogP contribution in [0.15, 0.2) is 0 Å². The van der Waals surface area contributed by atoms with E-state index in [1.807, 2.05) is 6.92 Å². The maximum absolute atomic E-state index is 5.39. The van der Waals surface area contributed by atoms with Crippen LogP contribution >= 0.6 is 0 Å². The molecule has 0 amide bonds. The van der Waals surface area contributed by atoms with Gasteiger partial charge in [-0.05, 0) is 19.8 Å². The molecular formula is C7H14O2. The first kappa shape index (κ1) is 7.03. The zero-order valence-corrected chi connectivity index (χ0v) is 6.14. The van der Waals surface area contributed by atoms with Crippen LogP contribution in [0.2, 0.25) is 0 Å². The predicted octanol–water partition coefficient (Wildman–Crippen LogP) is 1.55. The van der Waals surface area contributed by atoms with Crippen LogP contribution in [0, 0.1) is 0 Å². The molecule has 0 aromatic carbocycles. The van der Waals surface area contributed by atoms with Gasteiger partial charge in [0, 0.05) is 13.5 Å². The molecule has 9 heavy (non-hydrogen) atoms. The van der Waals surface area contributed by atoms with Crippen LogP contribution in [0.3, 0.4) is 0 Å². The highest BCUT2D eigenvalue weighted by atomic mass is 16.7. The van der Waals surface area contributed by atoms with Crippen LogP contribution in [0.1, 0.15) is 26.2 Å². The molecule has 1 heterocycles. The average Bonchev–Trinajstić information content (AvgIpc) is 1.90. The molecule has 2 heteroatoms. The summed E-state index contributed by atoms with van der Waals surface area (Å²) in [5.74, 6) is -0.280. The van der Waals surface area contributed by atoms with Gasteiger partial charge in [0.2, 0.25) is 0 Å². The molecular weight excluding hydrogens is 116 g/mol. The van der Waals surface area contributed by atoms with Gasteiger partial charge in [-0.1, -0.05) is 0 Å². The lowest BCUT2D eigenvalue weighted by atomic mass is 10.1. The van der Waals surface area contributed by atoms with Crippen molar-refractivity contribution in [2.45, 2.75) is 32.0 Å². The SMILES string of the molecule is COC1(C)CCCCO1. The smallest absolute Gasteiger partial charge is 0.165 e. The van der Waals surface area contributed by atoms with E-state index in [1.165, 1.54) is 12.8 Å². The lowest BCUT2D eigenvalue weighted by molar-refractivity contribution is -0.229. The first-order valence-corrected chi connectivity index (χ1v) is 3.46. The zero-order valence-electron chi connectivity index (χ0n) is 6.14. The Morgan fingerprint density at radius 3 is 2.56 bits per heavy atom. The highest BCUT2D eigenvalue weighted by Gasteiger charge is 2.26. The number of methoxy groups -OCH3 is 1. The van der Waals surface area contributed by atoms with Gasteiger partial charge in [-0.25, -0.2) is 0 Å². The molecule has 0 aromatic heterocycles. The minimum Gasteiger partial charge on any atom is -0.353 e. The van der Waals surface area contributed by atoms with Gasteiger partial charge in [0.15, 0.2) is 5.79 Å². The monoisotopic (exact) mass is 130 g/mol. The molecule has 0 N–H and O–H groups in total. The molecule has 54 valence electrons. The van der Waals surface area contributed by atoms with E-state index in [9.17, 15) is 0 Å². The summed E-state index contributed by atoms with van der Waals surface area (Å²) in [5.41, 5.74) is 0. The Labute approximate surface area is 56.2 Å². The van der Waals surface area contributed by atoms with Crippen molar-refractivity contribution in [3.8, 4) is 0 Å². The molecule has 1 unspecified atom stereocenters. The lowest BCUT2D eigenvalue weighted by Gasteiger charge is -2.31. The van der Waals surface area contributed by atoms with Gasteiger partial charge in [-0.15, -0.1) is 0 Å². The Morgan fingerprint density at radius 2 is 2.22 bits per heavy atom. The van der Waals surface area contributed by atoms with Gasteiger partial charge in [0.05, 0.1) is 6.61 Å². The van der Waals surface area contributed by atoms with Gasteiger partial charge < -0.3 is 9.47 Å². The fourth-order valence-corrected chi connectivity index (χ4v) is 1.07. The van der Waals surface area contributed by atoms with Crippen molar-refractivity contribution in [1.29, 1.82) is 0 Å². The van der Waals surface area contributed by atoms with Gasteiger partial charge in [-0.2, -0.15) is 0 Å². The second-order valence-electron chi connectivity index (χ2n) is 2.64. The highest BCUT2D eigenvalue weighted by Crippen LogP contribution is 2.24. The van der Waals surface area contributed by atoms with Crippen LogP contribution in [-0.4, -0.2) is 19.5 Å². The molecule has 1 rings (SSSR count). The maximum atomic E-state index is 5.39. The van der Waals surface area contributed by atoms with Crippen LogP contribution in [-0.2, 0) is 9.47 Å². The Morgan fingerprint density at radius 1 is 1.44 bits per heavy atom. The predicted molar refractivity (Wildman–Crippen MR) is 35.2 cm³/mol. The van der Waals surface area contributed by atoms with Gasteiger partial charge in [0.25, 0.3) is 0 Å². The summed E-state index contributed by atoms with van der Waals surface area (Å²) in [4.78, 5) is 0. The third-order valence-electron chi connectivity index (χ3n) is 1.86. The quantitative estimate of drug-likeness (QED) is 0.536. The largest absolute Gasteiger partial charge is 0.353 e. The molecule has 1 saturated heterocycles. The van der Waals surface area contributed by atoms with Gasteiger partial charge in [0.1, 0.15) is 0 Å². The molecule has 1 atom stereocenters. The third kappa shape index (κ3) is 1.66. The lowest BCUT2D eigenvalue weighted by Crippen LogP contribution is -2.34. The number of ether oxygens (including phenoxy) is 2. The number of hydrogen-bond acceptors (Lipinski definition) is 2. The molecule has 1 aliphatic heterocycles. The van der Waals surface area contributed by atoms with Crippen LogP contribution in [0.4, 0.5) is 0 Å². The third-order valence-corrected chi connectivity index (χ3v) is 1.86. The summed E-state index contributed by atoms with van der Waals surface area (Å²) < 4.78 is 10.5. The van der Waals surface area contributed by atoms with Crippen molar-refractivity contribution in [3.05, 3.63) is 0 Å². The standard InChI is InChI=1S/C7H14O2/c1-7(8-2)5-3-4-6-9-7/h3-6H2,1-2H3. The molecule has 0 spiro atoms. The minimum atomic E-state index is -0.280. The van der Waals surface area contributed by atoms with Crippen molar-refractivity contribution >= 4 is 0 Å². The van der Waals surface area contributed by atoms with E-state index in [0.717, 1.165) is 13.0 Å². The minimum absolute atomic E-state index is 0.280. The summed E-state index contributed by atoms with van der Waals surface area (Å²) in [7, 11) is 1.70. The second kappa shape index (κ2) is 2.67.